The normalized spacial score (nSPS) is 32.8. The van der Waals surface area contributed by atoms with Gasteiger partial charge in [-0.2, -0.15) is 0 Å². The Morgan fingerprint density at radius 1 is 1.43 bits per heavy atom. The lowest BCUT2D eigenvalue weighted by molar-refractivity contribution is 0.136. The number of piperidine rings is 3. The maximum absolute atomic E-state index is 5.32. The molecule has 3 saturated heterocycles. The fourth-order valence-corrected chi connectivity index (χ4v) is 2.07. The van der Waals surface area contributed by atoms with Crippen molar-refractivity contribution in [2.75, 3.05) is 32.8 Å². The molecule has 3 aliphatic rings. The fraction of sp³-hybridized carbons (Fsp3) is 0.889. The van der Waals surface area contributed by atoms with Crippen LogP contribution in [0.3, 0.4) is 0 Å². The van der Waals surface area contributed by atoms with Crippen molar-refractivity contribution in [3.05, 3.63) is 0 Å². The number of fused-ring (bicyclic) bond motifs is 3. The predicted octanol–water partition coefficient (Wildman–Crippen LogP) is 0.465. The summed E-state index contributed by atoms with van der Waals surface area (Å²) < 4.78 is 0. The lowest BCUT2D eigenvalue weighted by Gasteiger charge is -2.39. The highest BCUT2D eigenvalue weighted by Crippen LogP contribution is 2.25. The van der Waals surface area contributed by atoms with Crippen LogP contribution in [-0.4, -0.2) is 43.4 Å². The van der Waals surface area contributed by atoms with E-state index >= 15 is 0 Å². The number of nitrogens with two attached hydrogens (primary N) is 1. The second-order valence-electron chi connectivity index (χ2n) is 3.75. The Hall–Kier alpha value is -0.320. The molecule has 82 valence electrons. The summed E-state index contributed by atoms with van der Waals surface area (Å²) >= 11 is 0. The van der Waals surface area contributed by atoms with Crippen LogP contribution in [0.1, 0.15) is 12.8 Å². The van der Waals surface area contributed by atoms with Gasteiger partial charge in [0.1, 0.15) is 6.61 Å². The highest BCUT2D eigenvalue weighted by Gasteiger charge is 2.31. The molecule has 0 aliphatic carbocycles. The van der Waals surface area contributed by atoms with Crippen LogP contribution in [0, 0.1) is 5.92 Å². The van der Waals surface area contributed by atoms with Crippen LogP contribution in [-0.2, 0) is 4.84 Å². The lowest BCUT2D eigenvalue weighted by atomic mass is 9.87. The molecule has 3 rings (SSSR count). The molecule has 5 heteroatoms. The van der Waals surface area contributed by atoms with Crippen molar-refractivity contribution in [3.8, 4) is 0 Å². The molecule has 0 spiro atoms. The molecule has 3 aliphatic heterocycles. The van der Waals surface area contributed by atoms with Crippen LogP contribution < -0.4 is 5.73 Å². The summed E-state index contributed by atoms with van der Waals surface area (Å²) in [5.41, 5.74) is 6.54. The van der Waals surface area contributed by atoms with Gasteiger partial charge in [-0.3, -0.25) is 4.90 Å². The van der Waals surface area contributed by atoms with Crippen molar-refractivity contribution >= 4 is 18.1 Å². The van der Waals surface area contributed by atoms with Crippen molar-refractivity contribution in [3.63, 3.8) is 0 Å². The molecule has 0 aromatic heterocycles. The molecule has 0 atom stereocenters. The Kier molecular flexibility index (Phi) is 4.65. The molecule has 3 fully saturated rings. The van der Waals surface area contributed by atoms with Crippen molar-refractivity contribution < 1.29 is 4.84 Å². The van der Waals surface area contributed by atoms with Gasteiger partial charge in [0.25, 0.3) is 0 Å². The maximum Gasteiger partial charge on any atom is 0.129 e. The minimum Gasteiger partial charge on any atom is -0.394 e. The van der Waals surface area contributed by atoms with E-state index in [1.54, 1.807) is 0 Å². The van der Waals surface area contributed by atoms with Crippen molar-refractivity contribution in [2.24, 2.45) is 16.8 Å². The van der Waals surface area contributed by atoms with Gasteiger partial charge in [0.15, 0.2) is 0 Å². The summed E-state index contributed by atoms with van der Waals surface area (Å²) in [7, 11) is 0. The number of oxime groups is 1. The first-order valence-corrected chi connectivity index (χ1v) is 5.01. The molecule has 4 nitrogen and oxygen atoms in total. The van der Waals surface area contributed by atoms with Gasteiger partial charge in [-0.15, -0.1) is 12.4 Å². The molecule has 0 aromatic rings. The third-order valence-corrected chi connectivity index (χ3v) is 2.84. The van der Waals surface area contributed by atoms with Gasteiger partial charge < -0.3 is 10.6 Å². The summed E-state index contributed by atoms with van der Waals surface area (Å²) in [5, 5.41) is 4.15. The van der Waals surface area contributed by atoms with Crippen LogP contribution in [0.25, 0.3) is 0 Å². The van der Waals surface area contributed by atoms with Gasteiger partial charge >= 0.3 is 0 Å². The first-order chi connectivity index (χ1) is 6.40. The van der Waals surface area contributed by atoms with Crippen LogP contribution in [0.2, 0.25) is 0 Å². The monoisotopic (exact) mass is 219 g/mol. The summed E-state index contributed by atoms with van der Waals surface area (Å²) in [6.45, 7) is 4.57. The number of hydrogen-bond acceptors (Lipinski definition) is 4. The third-order valence-electron chi connectivity index (χ3n) is 2.84. The predicted molar refractivity (Wildman–Crippen MR) is 58.9 cm³/mol. The Morgan fingerprint density at radius 3 is 2.64 bits per heavy atom. The molecule has 0 saturated carbocycles. The SMILES string of the molecule is Cl.NCCON=C1CN2CCC1CC2. The summed E-state index contributed by atoms with van der Waals surface area (Å²) in [6.07, 6.45) is 2.51. The second-order valence-corrected chi connectivity index (χ2v) is 3.75. The molecular weight excluding hydrogens is 202 g/mol. The largest absolute Gasteiger partial charge is 0.394 e. The Bertz CT molecular complexity index is 202. The minimum atomic E-state index is 0. The van der Waals surface area contributed by atoms with E-state index in [1.807, 2.05) is 0 Å². The van der Waals surface area contributed by atoms with Gasteiger partial charge in [0, 0.05) is 19.0 Å². The molecule has 0 aromatic carbocycles. The first kappa shape index (κ1) is 11.8. The number of hydrogen-bond donors (Lipinski definition) is 1. The van der Waals surface area contributed by atoms with Gasteiger partial charge in [-0.1, -0.05) is 5.16 Å². The standard InChI is InChI=1S/C9H17N3O.ClH/c10-3-6-13-11-9-7-12-4-1-8(9)2-5-12;/h8H,1-7,10H2;1H. The van der Waals surface area contributed by atoms with Gasteiger partial charge in [0.2, 0.25) is 0 Å². The highest BCUT2D eigenvalue weighted by molar-refractivity contribution is 5.89. The van der Waals surface area contributed by atoms with Gasteiger partial charge in [0.05, 0.1) is 5.71 Å². The topological polar surface area (TPSA) is 50.9 Å². The average Bonchev–Trinajstić information content (AvgIpc) is 2.20. The summed E-state index contributed by atoms with van der Waals surface area (Å²) in [5.74, 6) is 0.683. The molecule has 14 heavy (non-hydrogen) atoms. The number of nitrogens with zero attached hydrogens (tertiary/aromatic N) is 2. The zero-order valence-corrected chi connectivity index (χ0v) is 9.13. The number of halogens is 1. The summed E-state index contributed by atoms with van der Waals surface area (Å²) in [6, 6.07) is 0. The van der Waals surface area contributed by atoms with Crippen molar-refractivity contribution in [1.29, 1.82) is 0 Å². The van der Waals surface area contributed by atoms with E-state index in [4.69, 9.17) is 10.6 Å². The highest BCUT2D eigenvalue weighted by atomic mass is 35.5. The third kappa shape index (κ3) is 2.59. The molecule has 3 heterocycles. The molecule has 0 unspecified atom stereocenters. The van der Waals surface area contributed by atoms with Gasteiger partial charge in [-0.05, 0) is 25.9 Å². The van der Waals surface area contributed by atoms with E-state index in [9.17, 15) is 0 Å². The van der Waals surface area contributed by atoms with E-state index in [0.717, 1.165) is 6.54 Å². The average molecular weight is 220 g/mol. The van der Waals surface area contributed by atoms with E-state index < -0.39 is 0 Å². The Balaban J connectivity index is 0.000000980. The second kappa shape index (κ2) is 5.53. The van der Waals surface area contributed by atoms with E-state index in [0.29, 0.717) is 19.1 Å². The zero-order chi connectivity index (χ0) is 9.10. The quantitative estimate of drug-likeness (QED) is 0.555. The smallest absolute Gasteiger partial charge is 0.129 e. The molecule has 2 N–H and O–H groups in total. The number of rotatable bonds is 3. The van der Waals surface area contributed by atoms with Crippen LogP contribution in [0.4, 0.5) is 0 Å². The van der Waals surface area contributed by atoms with Crippen LogP contribution >= 0.6 is 12.4 Å². The first-order valence-electron chi connectivity index (χ1n) is 5.01. The molecule has 2 bridgehead atoms. The molecule has 0 radical (unpaired) electrons. The summed E-state index contributed by atoms with van der Waals surface area (Å²) in [4.78, 5) is 7.55. The fourth-order valence-electron chi connectivity index (χ4n) is 2.07. The Labute approximate surface area is 90.9 Å². The van der Waals surface area contributed by atoms with E-state index in [-0.39, 0.29) is 12.4 Å². The lowest BCUT2D eigenvalue weighted by Crippen LogP contribution is -2.47. The Morgan fingerprint density at radius 2 is 2.14 bits per heavy atom. The molecule has 0 amide bonds. The van der Waals surface area contributed by atoms with Crippen molar-refractivity contribution in [2.45, 2.75) is 12.8 Å². The minimum absolute atomic E-state index is 0. The van der Waals surface area contributed by atoms with E-state index in [2.05, 4.69) is 10.1 Å². The maximum atomic E-state index is 5.32. The van der Waals surface area contributed by atoms with Crippen LogP contribution in [0.15, 0.2) is 5.16 Å². The van der Waals surface area contributed by atoms with Gasteiger partial charge in [-0.25, -0.2) is 0 Å². The zero-order valence-electron chi connectivity index (χ0n) is 8.32. The molecular formula is C9H18ClN3O. The van der Waals surface area contributed by atoms with Crippen LogP contribution in [0.5, 0.6) is 0 Å². The van der Waals surface area contributed by atoms with E-state index in [1.165, 1.54) is 31.6 Å². The van der Waals surface area contributed by atoms with Crippen molar-refractivity contribution in [1.82, 2.24) is 4.90 Å².